The summed E-state index contributed by atoms with van der Waals surface area (Å²) in [5.41, 5.74) is 1.67. The van der Waals surface area contributed by atoms with Crippen LogP contribution in [0.4, 0.5) is 0 Å². The molecular formula is C20H31ClN4O2. The molecule has 0 fully saturated rings. The molecule has 0 aromatic carbocycles. The Morgan fingerprint density at radius 3 is 2.37 bits per heavy atom. The topological polar surface area (TPSA) is 63.3 Å². The highest BCUT2D eigenvalue weighted by atomic mass is 35.5. The van der Waals surface area contributed by atoms with Crippen molar-refractivity contribution in [2.24, 2.45) is 0 Å². The number of nitrogens with one attached hydrogen (secondary N) is 1. The minimum absolute atomic E-state index is 0.0191. The van der Waals surface area contributed by atoms with E-state index >= 15 is 0 Å². The van der Waals surface area contributed by atoms with Gasteiger partial charge in [-0.3, -0.25) is 14.4 Å². The van der Waals surface area contributed by atoms with Gasteiger partial charge in [-0.15, -0.1) is 0 Å². The van der Waals surface area contributed by atoms with E-state index in [-0.39, 0.29) is 11.9 Å². The van der Waals surface area contributed by atoms with E-state index in [2.05, 4.69) is 43.0 Å². The van der Waals surface area contributed by atoms with Crippen LogP contribution in [0.3, 0.4) is 0 Å². The van der Waals surface area contributed by atoms with Crippen molar-refractivity contribution in [3.05, 3.63) is 40.1 Å². The number of nitrogens with zero attached hydrogens (tertiary/aromatic N) is 3. The zero-order chi connectivity index (χ0) is 20.3. The van der Waals surface area contributed by atoms with E-state index in [9.17, 15) is 4.79 Å². The Kier molecular flexibility index (Phi) is 7.12. The molecule has 6 nitrogen and oxygen atoms in total. The van der Waals surface area contributed by atoms with Gasteiger partial charge in [0.2, 0.25) is 0 Å². The molecule has 27 heavy (non-hydrogen) atoms. The lowest BCUT2D eigenvalue weighted by Crippen LogP contribution is -2.47. The fourth-order valence-corrected chi connectivity index (χ4v) is 3.37. The second kappa shape index (κ2) is 8.93. The number of carbonyl (C=O) groups excluding carboxylic acids is 1. The van der Waals surface area contributed by atoms with E-state index in [4.69, 9.17) is 16.0 Å². The number of amides is 1. The average molecular weight is 395 g/mol. The Morgan fingerprint density at radius 2 is 1.85 bits per heavy atom. The molecule has 1 N–H and O–H groups in total. The number of carbonyl (C=O) groups is 1. The summed E-state index contributed by atoms with van der Waals surface area (Å²) in [6.07, 6.45) is 0. The summed E-state index contributed by atoms with van der Waals surface area (Å²) in [6, 6.07) is 4.37. The number of halogens is 1. The van der Waals surface area contributed by atoms with Crippen LogP contribution >= 0.6 is 11.6 Å². The molecule has 2 aromatic rings. The number of aryl methyl sites for hydroxylation is 1. The highest BCUT2D eigenvalue weighted by molar-refractivity contribution is 6.31. The van der Waals surface area contributed by atoms with E-state index in [0.717, 1.165) is 17.9 Å². The summed E-state index contributed by atoms with van der Waals surface area (Å²) in [6.45, 7) is 15.7. The van der Waals surface area contributed by atoms with Crippen LogP contribution < -0.4 is 5.32 Å². The molecule has 1 atom stereocenters. The third-order valence-electron chi connectivity index (χ3n) is 4.67. The number of furan rings is 1. The highest BCUT2D eigenvalue weighted by Gasteiger charge is 2.20. The minimum Gasteiger partial charge on any atom is -0.454 e. The van der Waals surface area contributed by atoms with Crippen LogP contribution in [0.15, 0.2) is 16.5 Å². The van der Waals surface area contributed by atoms with Gasteiger partial charge < -0.3 is 9.73 Å². The van der Waals surface area contributed by atoms with Crippen molar-refractivity contribution < 1.29 is 9.21 Å². The van der Waals surface area contributed by atoms with Crippen molar-refractivity contribution in [3.8, 4) is 0 Å². The van der Waals surface area contributed by atoms with E-state index < -0.39 is 0 Å². The molecule has 0 radical (unpaired) electrons. The number of aromatic nitrogens is 2. The first kappa shape index (κ1) is 21.5. The lowest BCUT2D eigenvalue weighted by Gasteiger charge is -2.33. The third-order valence-corrected chi connectivity index (χ3v) is 5.22. The van der Waals surface area contributed by atoms with Gasteiger partial charge >= 0.3 is 0 Å². The largest absolute Gasteiger partial charge is 0.454 e. The van der Waals surface area contributed by atoms with Crippen LogP contribution in [0, 0.1) is 13.8 Å². The SMILES string of the molecule is Cc1nn(Cc2ccc(C(=O)NC(C)CN(C(C)C)C(C)C)o2)c(C)c1Cl. The maximum atomic E-state index is 12.5. The molecule has 0 aliphatic carbocycles. The normalized spacial score (nSPS) is 13.0. The van der Waals surface area contributed by atoms with Crippen LogP contribution in [0.25, 0.3) is 0 Å². The molecule has 0 bridgehead atoms. The Morgan fingerprint density at radius 1 is 1.22 bits per heavy atom. The molecule has 150 valence electrons. The van der Waals surface area contributed by atoms with Gasteiger partial charge in [-0.1, -0.05) is 11.6 Å². The molecule has 1 unspecified atom stereocenters. The van der Waals surface area contributed by atoms with E-state index in [1.807, 2.05) is 20.8 Å². The summed E-state index contributed by atoms with van der Waals surface area (Å²) in [5.74, 6) is 0.777. The lowest BCUT2D eigenvalue weighted by molar-refractivity contribution is 0.0882. The van der Waals surface area contributed by atoms with Crippen molar-refractivity contribution in [2.75, 3.05) is 6.54 Å². The molecule has 0 aliphatic rings. The average Bonchev–Trinajstić information content (AvgIpc) is 3.13. The van der Waals surface area contributed by atoms with Crippen LogP contribution in [0.5, 0.6) is 0 Å². The van der Waals surface area contributed by atoms with Gasteiger partial charge in [0.1, 0.15) is 5.76 Å². The monoisotopic (exact) mass is 394 g/mol. The predicted octanol–water partition coefficient (Wildman–Crippen LogP) is 4.03. The Bertz CT molecular complexity index is 771. The number of rotatable bonds is 8. The summed E-state index contributed by atoms with van der Waals surface area (Å²) in [4.78, 5) is 14.9. The molecule has 7 heteroatoms. The maximum absolute atomic E-state index is 12.5. The summed E-state index contributed by atoms with van der Waals surface area (Å²) < 4.78 is 7.51. The second-order valence-electron chi connectivity index (χ2n) is 7.67. The highest BCUT2D eigenvalue weighted by Crippen LogP contribution is 2.20. The van der Waals surface area contributed by atoms with Crippen molar-refractivity contribution in [1.29, 1.82) is 0 Å². The molecule has 0 aliphatic heterocycles. The quantitative estimate of drug-likeness (QED) is 0.734. The van der Waals surface area contributed by atoms with Crippen molar-refractivity contribution >= 4 is 17.5 Å². The Hall–Kier alpha value is -1.79. The first-order valence-electron chi connectivity index (χ1n) is 9.45. The zero-order valence-corrected chi connectivity index (χ0v) is 18.1. The van der Waals surface area contributed by atoms with Crippen LogP contribution in [0.2, 0.25) is 5.02 Å². The van der Waals surface area contributed by atoms with Crippen molar-refractivity contribution in [3.63, 3.8) is 0 Å². The fourth-order valence-electron chi connectivity index (χ4n) is 3.24. The molecule has 2 rings (SSSR count). The van der Waals surface area contributed by atoms with Gasteiger partial charge in [0.05, 0.1) is 23.0 Å². The standard InChI is InChI=1S/C20H31ClN4O2/c1-12(2)24(13(3)4)10-14(5)22-20(26)18-9-8-17(27-18)11-25-16(7)19(21)15(6)23-25/h8-9,12-14H,10-11H2,1-7H3,(H,22,26). The summed E-state index contributed by atoms with van der Waals surface area (Å²) >= 11 is 6.18. The first-order chi connectivity index (χ1) is 12.6. The van der Waals surface area contributed by atoms with Gasteiger partial charge in [-0.2, -0.15) is 5.10 Å². The third kappa shape index (κ3) is 5.36. The Balaban J connectivity index is 1.99. The van der Waals surface area contributed by atoms with Gasteiger partial charge in [0.15, 0.2) is 5.76 Å². The fraction of sp³-hybridized carbons (Fsp3) is 0.600. The second-order valence-corrected chi connectivity index (χ2v) is 8.05. The van der Waals surface area contributed by atoms with E-state index in [0.29, 0.717) is 35.2 Å². The van der Waals surface area contributed by atoms with E-state index in [1.54, 1.807) is 16.8 Å². The number of hydrogen-bond acceptors (Lipinski definition) is 4. The van der Waals surface area contributed by atoms with Crippen molar-refractivity contribution in [1.82, 2.24) is 20.0 Å². The van der Waals surface area contributed by atoms with Crippen LogP contribution in [-0.4, -0.2) is 45.3 Å². The minimum atomic E-state index is -0.201. The van der Waals surface area contributed by atoms with Gasteiger partial charge in [0, 0.05) is 24.7 Å². The summed E-state index contributed by atoms with van der Waals surface area (Å²) in [7, 11) is 0. The zero-order valence-electron chi connectivity index (χ0n) is 17.3. The maximum Gasteiger partial charge on any atom is 0.287 e. The van der Waals surface area contributed by atoms with Crippen LogP contribution in [-0.2, 0) is 6.54 Å². The van der Waals surface area contributed by atoms with E-state index in [1.165, 1.54) is 0 Å². The molecule has 2 aromatic heterocycles. The molecule has 0 saturated heterocycles. The summed E-state index contributed by atoms with van der Waals surface area (Å²) in [5, 5.41) is 8.07. The molecule has 0 saturated carbocycles. The van der Waals surface area contributed by atoms with Gasteiger partial charge in [-0.25, -0.2) is 0 Å². The molecule has 0 spiro atoms. The predicted molar refractivity (Wildman–Crippen MR) is 108 cm³/mol. The molecule has 2 heterocycles. The first-order valence-corrected chi connectivity index (χ1v) is 9.82. The Labute approximate surface area is 166 Å². The number of hydrogen-bond donors (Lipinski definition) is 1. The van der Waals surface area contributed by atoms with Gasteiger partial charge in [0.25, 0.3) is 5.91 Å². The van der Waals surface area contributed by atoms with Crippen LogP contribution in [0.1, 0.15) is 62.3 Å². The van der Waals surface area contributed by atoms with Gasteiger partial charge in [-0.05, 0) is 60.6 Å². The molecule has 1 amide bonds. The van der Waals surface area contributed by atoms with Crippen molar-refractivity contribution in [2.45, 2.75) is 73.1 Å². The lowest BCUT2D eigenvalue weighted by atomic mass is 10.2. The smallest absolute Gasteiger partial charge is 0.287 e. The molecular weight excluding hydrogens is 364 g/mol.